The molecule has 0 bridgehead atoms. The van der Waals surface area contributed by atoms with Crippen LogP contribution in [0, 0.1) is 12.3 Å². The third kappa shape index (κ3) is 3.37. The fourth-order valence-corrected chi connectivity index (χ4v) is 3.26. The Balaban J connectivity index is 2.36. The number of nitrogens with zero attached hydrogens (tertiary/aromatic N) is 4. The number of Topliss-reactive ketones (excluding diaryl/α,β-unsaturated/α-hetero) is 1. The summed E-state index contributed by atoms with van der Waals surface area (Å²) >= 11 is 0. The monoisotopic (exact) mass is 410 g/mol. The van der Waals surface area contributed by atoms with Gasteiger partial charge in [0, 0.05) is 19.0 Å². The zero-order valence-corrected chi connectivity index (χ0v) is 17.3. The number of aryl methyl sites for hydroxylation is 1. The third-order valence-corrected chi connectivity index (χ3v) is 4.86. The molecule has 0 unspecified atom stereocenters. The van der Waals surface area contributed by atoms with Gasteiger partial charge in [0.2, 0.25) is 0 Å². The van der Waals surface area contributed by atoms with Gasteiger partial charge in [-0.2, -0.15) is 0 Å². The average molecular weight is 410 g/mol. The van der Waals surface area contributed by atoms with Gasteiger partial charge in [0.1, 0.15) is 5.82 Å². The second kappa shape index (κ2) is 8.29. The lowest BCUT2D eigenvalue weighted by molar-refractivity contribution is -0.119. The summed E-state index contributed by atoms with van der Waals surface area (Å²) in [5, 5.41) is 0. The molecule has 0 fully saturated rings. The Morgan fingerprint density at radius 3 is 2.47 bits per heavy atom. The topological polar surface area (TPSA) is 97.3 Å². The van der Waals surface area contributed by atoms with Gasteiger partial charge in [0.25, 0.3) is 5.56 Å². The minimum Gasteiger partial charge on any atom is -0.493 e. The summed E-state index contributed by atoms with van der Waals surface area (Å²) in [6.45, 7) is 1.30. The molecule has 0 N–H and O–H groups in total. The van der Waals surface area contributed by atoms with Crippen LogP contribution < -0.4 is 20.7 Å². The van der Waals surface area contributed by atoms with E-state index in [1.54, 1.807) is 36.7 Å². The number of methoxy groups -OCH3 is 2. The predicted octanol–water partition coefficient (Wildman–Crippen LogP) is 1.19. The quantitative estimate of drug-likeness (QED) is 0.543. The molecule has 2 heterocycles. The number of rotatable bonds is 7. The van der Waals surface area contributed by atoms with Crippen molar-refractivity contribution in [3.05, 3.63) is 39.0 Å². The third-order valence-electron chi connectivity index (χ3n) is 4.86. The molecule has 0 aliphatic carbocycles. The molecule has 0 spiro atoms. The fourth-order valence-electron chi connectivity index (χ4n) is 3.26. The molecule has 0 atom stereocenters. The van der Waals surface area contributed by atoms with Gasteiger partial charge in [0.15, 0.2) is 28.4 Å². The summed E-state index contributed by atoms with van der Waals surface area (Å²) in [5.74, 6) is 3.61. The Morgan fingerprint density at radius 2 is 1.87 bits per heavy atom. The number of hydrogen-bond acceptors (Lipinski definition) is 6. The molecule has 9 heteroatoms. The Kier molecular flexibility index (Phi) is 5.78. The van der Waals surface area contributed by atoms with Crippen LogP contribution in [0.15, 0.2) is 27.8 Å². The fraction of sp³-hybridized carbons (Fsp3) is 0.333. The Bertz CT molecular complexity index is 1290. The van der Waals surface area contributed by atoms with Crippen LogP contribution in [0.1, 0.15) is 13.3 Å². The van der Waals surface area contributed by atoms with Crippen LogP contribution in [-0.4, -0.2) is 38.7 Å². The summed E-state index contributed by atoms with van der Waals surface area (Å²) in [6, 6.07) is 5.21. The first-order valence-electron chi connectivity index (χ1n) is 9.25. The summed E-state index contributed by atoms with van der Waals surface area (Å²) in [5.41, 5.74) is -0.264. The highest BCUT2D eigenvalue weighted by atomic mass is 16.5. The van der Waals surface area contributed by atoms with Crippen LogP contribution in [0.3, 0.4) is 0 Å². The van der Waals surface area contributed by atoms with Gasteiger partial charge in [-0.25, -0.2) is 14.3 Å². The Hall–Kier alpha value is -3.80. The number of imidazole rings is 1. The lowest BCUT2D eigenvalue weighted by atomic mass is 10.2. The standard InChI is InChI=1S/C21H22N4O5/c1-6-10-24-20(27)17-19(25(21(24)28)12-14(26)7-2)22-18(23(17)3)13-8-9-15(29-4)16(11-13)30-5/h1,8-9,11H,7,10,12H2,2-5H3. The second-order valence-corrected chi connectivity index (χ2v) is 6.59. The van der Waals surface area contributed by atoms with E-state index in [2.05, 4.69) is 10.9 Å². The molecule has 0 saturated heterocycles. The van der Waals surface area contributed by atoms with Crippen molar-refractivity contribution in [3.63, 3.8) is 0 Å². The first-order valence-corrected chi connectivity index (χ1v) is 9.25. The van der Waals surface area contributed by atoms with Crippen LogP contribution in [0.4, 0.5) is 0 Å². The summed E-state index contributed by atoms with van der Waals surface area (Å²) in [7, 11) is 4.71. The molecule has 0 aliphatic rings. The largest absolute Gasteiger partial charge is 0.493 e. The minimum atomic E-state index is -0.663. The van der Waals surface area contributed by atoms with Gasteiger partial charge < -0.3 is 14.0 Å². The number of fused-ring (bicyclic) bond motifs is 1. The molecule has 0 saturated carbocycles. The lowest BCUT2D eigenvalue weighted by Crippen LogP contribution is -2.41. The van der Waals surface area contributed by atoms with Crippen LogP contribution in [0.2, 0.25) is 0 Å². The maximum Gasteiger partial charge on any atom is 0.334 e. The number of aromatic nitrogens is 4. The Morgan fingerprint density at radius 1 is 1.17 bits per heavy atom. The number of terminal acetylenes is 1. The van der Waals surface area contributed by atoms with Gasteiger partial charge >= 0.3 is 5.69 Å². The van der Waals surface area contributed by atoms with E-state index in [4.69, 9.17) is 15.9 Å². The molecule has 2 aromatic heterocycles. The zero-order valence-electron chi connectivity index (χ0n) is 17.3. The van der Waals surface area contributed by atoms with E-state index in [0.29, 0.717) is 22.9 Å². The second-order valence-electron chi connectivity index (χ2n) is 6.59. The summed E-state index contributed by atoms with van der Waals surface area (Å²) in [6.07, 6.45) is 5.59. The Labute approximate surface area is 172 Å². The number of ether oxygens (including phenoxy) is 2. The van der Waals surface area contributed by atoms with Gasteiger partial charge in [-0.15, -0.1) is 6.42 Å². The van der Waals surface area contributed by atoms with Crippen LogP contribution in [0.25, 0.3) is 22.6 Å². The van der Waals surface area contributed by atoms with Crippen LogP contribution >= 0.6 is 0 Å². The van der Waals surface area contributed by atoms with Gasteiger partial charge in [0.05, 0.1) is 27.3 Å². The SMILES string of the molecule is C#CCn1c(=O)c2c(nc(-c3ccc(OC)c(OC)c3)n2C)n(CC(=O)CC)c1=O. The zero-order chi connectivity index (χ0) is 22.0. The summed E-state index contributed by atoms with van der Waals surface area (Å²) < 4.78 is 14.3. The average Bonchev–Trinajstić information content (AvgIpc) is 3.10. The lowest BCUT2D eigenvalue weighted by Gasteiger charge is -2.10. The van der Waals surface area contributed by atoms with E-state index in [1.165, 1.54) is 18.8 Å². The van der Waals surface area contributed by atoms with Crippen molar-refractivity contribution < 1.29 is 14.3 Å². The van der Waals surface area contributed by atoms with Gasteiger partial charge in [-0.1, -0.05) is 12.8 Å². The van der Waals surface area contributed by atoms with E-state index in [9.17, 15) is 14.4 Å². The van der Waals surface area contributed by atoms with Crippen molar-refractivity contribution in [1.29, 1.82) is 0 Å². The number of hydrogen-bond donors (Lipinski definition) is 0. The van der Waals surface area contributed by atoms with Gasteiger partial charge in [-0.05, 0) is 18.2 Å². The molecule has 0 radical (unpaired) electrons. The van der Waals surface area contributed by atoms with E-state index >= 15 is 0 Å². The predicted molar refractivity (Wildman–Crippen MR) is 112 cm³/mol. The molecule has 156 valence electrons. The van der Waals surface area contributed by atoms with Crippen molar-refractivity contribution in [1.82, 2.24) is 18.7 Å². The molecular weight excluding hydrogens is 388 g/mol. The maximum absolute atomic E-state index is 13.0. The maximum atomic E-state index is 13.0. The molecule has 0 aliphatic heterocycles. The van der Waals surface area contributed by atoms with E-state index in [1.807, 2.05) is 0 Å². The smallest absolute Gasteiger partial charge is 0.334 e. The highest BCUT2D eigenvalue weighted by Crippen LogP contribution is 2.32. The van der Waals surface area contributed by atoms with Crippen LogP contribution in [-0.2, 0) is 24.9 Å². The summed E-state index contributed by atoms with van der Waals surface area (Å²) in [4.78, 5) is 42.5. The number of ketones is 1. The molecule has 30 heavy (non-hydrogen) atoms. The minimum absolute atomic E-state index is 0.132. The highest BCUT2D eigenvalue weighted by Gasteiger charge is 2.22. The van der Waals surface area contributed by atoms with Gasteiger partial charge in [-0.3, -0.25) is 14.2 Å². The molecule has 9 nitrogen and oxygen atoms in total. The molecular formula is C21H22N4O5. The van der Waals surface area contributed by atoms with Crippen molar-refractivity contribution in [3.8, 4) is 35.2 Å². The number of carbonyl (C=O) groups excluding carboxylic acids is 1. The van der Waals surface area contributed by atoms with E-state index in [0.717, 1.165) is 4.57 Å². The van der Waals surface area contributed by atoms with E-state index < -0.39 is 11.2 Å². The highest BCUT2D eigenvalue weighted by molar-refractivity contribution is 5.82. The van der Waals surface area contributed by atoms with Crippen LogP contribution in [0.5, 0.6) is 11.5 Å². The van der Waals surface area contributed by atoms with Crippen molar-refractivity contribution in [2.75, 3.05) is 14.2 Å². The number of carbonyl (C=O) groups is 1. The molecule has 0 amide bonds. The first kappa shape index (κ1) is 20.9. The van der Waals surface area contributed by atoms with E-state index in [-0.39, 0.29) is 36.5 Å². The van der Waals surface area contributed by atoms with Crippen molar-refractivity contribution in [2.24, 2.45) is 7.05 Å². The van der Waals surface area contributed by atoms with Crippen molar-refractivity contribution in [2.45, 2.75) is 26.4 Å². The first-order chi connectivity index (χ1) is 14.4. The molecule has 1 aromatic carbocycles. The normalized spacial score (nSPS) is 10.8. The molecule has 3 rings (SSSR count). The number of benzene rings is 1. The molecule has 3 aromatic rings. The van der Waals surface area contributed by atoms with Crippen molar-refractivity contribution >= 4 is 16.9 Å².